The monoisotopic (exact) mass is 526 g/mol. The highest BCUT2D eigenvalue weighted by molar-refractivity contribution is 9.10. The van der Waals surface area contributed by atoms with Crippen LogP contribution in [0.3, 0.4) is 0 Å². The Balaban J connectivity index is 1.59. The highest BCUT2D eigenvalue weighted by Crippen LogP contribution is 2.29. The number of aryl methyl sites for hydroxylation is 2. The van der Waals surface area contributed by atoms with E-state index in [1.165, 1.54) is 11.8 Å². The van der Waals surface area contributed by atoms with Crippen molar-refractivity contribution in [3.8, 4) is 17.1 Å². The summed E-state index contributed by atoms with van der Waals surface area (Å²) in [5.74, 6) is 0.792. The number of benzene rings is 3. The number of nitrogens with zero attached hydrogens (tertiary/aromatic N) is 3. The Labute approximate surface area is 204 Å². The molecular formula is C24H20BrClN4OS. The van der Waals surface area contributed by atoms with Gasteiger partial charge < -0.3 is 5.32 Å². The van der Waals surface area contributed by atoms with Crippen molar-refractivity contribution in [3.63, 3.8) is 0 Å². The maximum atomic E-state index is 12.6. The molecule has 4 aromatic rings. The Morgan fingerprint density at radius 3 is 2.44 bits per heavy atom. The van der Waals surface area contributed by atoms with Crippen LogP contribution in [0.4, 0.5) is 5.69 Å². The molecule has 0 fully saturated rings. The summed E-state index contributed by atoms with van der Waals surface area (Å²) in [6.07, 6.45) is 0. The molecule has 3 aromatic carbocycles. The molecule has 0 saturated carbocycles. The number of halogens is 2. The quantitative estimate of drug-likeness (QED) is 0.284. The van der Waals surface area contributed by atoms with Crippen molar-refractivity contribution in [1.29, 1.82) is 0 Å². The second-order valence-corrected chi connectivity index (χ2v) is 9.52. The molecule has 0 unspecified atom stereocenters. The first-order valence-electron chi connectivity index (χ1n) is 9.88. The fourth-order valence-electron chi connectivity index (χ4n) is 3.13. The number of amides is 1. The lowest BCUT2D eigenvalue weighted by atomic mass is 10.2. The van der Waals surface area contributed by atoms with Crippen molar-refractivity contribution in [1.82, 2.24) is 14.8 Å². The van der Waals surface area contributed by atoms with Crippen molar-refractivity contribution >= 4 is 50.9 Å². The van der Waals surface area contributed by atoms with Gasteiger partial charge in [-0.2, -0.15) is 0 Å². The molecule has 8 heteroatoms. The molecule has 0 bridgehead atoms. The smallest absolute Gasteiger partial charge is 0.234 e. The number of hydrogen-bond donors (Lipinski definition) is 1. The van der Waals surface area contributed by atoms with E-state index in [4.69, 9.17) is 11.6 Å². The van der Waals surface area contributed by atoms with E-state index in [0.29, 0.717) is 16.0 Å². The first-order chi connectivity index (χ1) is 15.4. The van der Waals surface area contributed by atoms with Crippen LogP contribution in [0.5, 0.6) is 0 Å². The molecule has 162 valence electrons. The van der Waals surface area contributed by atoms with Crippen molar-refractivity contribution in [2.24, 2.45) is 0 Å². The predicted molar refractivity (Wildman–Crippen MR) is 135 cm³/mol. The Kier molecular flexibility index (Phi) is 6.98. The van der Waals surface area contributed by atoms with Crippen LogP contribution >= 0.6 is 39.3 Å². The lowest BCUT2D eigenvalue weighted by molar-refractivity contribution is -0.113. The zero-order chi connectivity index (χ0) is 22.7. The summed E-state index contributed by atoms with van der Waals surface area (Å²) < 4.78 is 2.97. The van der Waals surface area contributed by atoms with Gasteiger partial charge in [-0.1, -0.05) is 57.0 Å². The van der Waals surface area contributed by atoms with E-state index in [0.717, 1.165) is 32.5 Å². The van der Waals surface area contributed by atoms with Gasteiger partial charge in [-0.3, -0.25) is 9.36 Å². The van der Waals surface area contributed by atoms with Gasteiger partial charge in [-0.25, -0.2) is 0 Å². The van der Waals surface area contributed by atoms with E-state index in [2.05, 4.69) is 31.4 Å². The summed E-state index contributed by atoms with van der Waals surface area (Å²) in [5, 5.41) is 13.0. The first-order valence-corrected chi connectivity index (χ1v) is 12.0. The van der Waals surface area contributed by atoms with Gasteiger partial charge in [-0.05, 0) is 74.0 Å². The lowest BCUT2D eigenvalue weighted by Crippen LogP contribution is -2.14. The Bertz CT molecular complexity index is 1260. The zero-order valence-corrected chi connectivity index (χ0v) is 20.6. The molecule has 0 aliphatic rings. The molecule has 1 N–H and O–H groups in total. The van der Waals surface area contributed by atoms with Gasteiger partial charge in [0.25, 0.3) is 0 Å². The summed E-state index contributed by atoms with van der Waals surface area (Å²) >= 11 is 10.9. The maximum absolute atomic E-state index is 12.6. The maximum Gasteiger partial charge on any atom is 0.234 e. The summed E-state index contributed by atoms with van der Waals surface area (Å²) in [4.78, 5) is 12.6. The summed E-state index contributed by atoms with van der Waals surface area (Å²) in [7, 11) is 0. The summed E-state index contributed by atoms with van der Waals surface area (Å²) in [5.41, 5.74) is 4.80. The largest absolute Gasteiger partial charge is 0.325 e. The second kappa shape index (κ2) is 9.90. The van der Waals surface area contributed by atoms with Crippen LogP contribution in [0, 0.1) is 13.8 Å². The normalized spacial score (nSPS) is 10.9. The van der Waals surface area contributed by atoms with E-state index < -0.39 is 0 Å². The van der Waals surface area contributed by atoms with Gasteiger partial charge in [0.1, 0.15) is 0 Å². The minimum absolute atomic E-state index is 0.108. The van der Waals surface area contributed by atoms with Gasteiger partial charge in [0.05, 0.1) is 5.75 Å². The third-order valence-electron chi connectivity index (χ3n) is 4.80. The second-order valence-electron chi connectivity index (χ2n) is 7.28. The molecular weight excluding hydrogens is 508 g/mol. The van der Waals surface area contributed by atoms with E-state index >= 15 is 0 Å². The number of carbonyl (C=O) groups excluding carboxylic acids is 1. The van der Waals surface area contributed by atoms with E-state index in [9.17, 15) is 4.79 Å². The zero-order valence-electron chi connectivity index (χ0n) is 17.5. The molecule has 4 rings (SSSR count). The topological polar surface area (TPSA) is 59.8 Å². The minimum atomic E-state index is -0.108. The van der Waals surface area contributed by atoms with Gasteiger partial charge >= 0.3 is 0 Å². The molecule has 0 aliphatic heterocycles. The fourth-order valence-corrected chi connectivity index (χ4v) is 4.25. The van der Waals surface area contributed by atoms with Crippen molar-refractivity contribution in [2.45, 2.75) is 19.0 Å². The highest BCUT2D eigenvalue weighted by atomic mass is 79.9. The average Bonchev–Trinajstić information content (AvgIpc) is 3.20. The molecule has 0 saturated heterocycles. The highest BCUT2D eigenvalue weighted by Gasteiger charge is 2.17. The molecule has 32 heavy (non-hydrogen) atoms. The summed E-state index contributed by atoms with van der Waals surface area (Å²) in [6.45, 7) is 4.02. The third kappa shape index (κ3) is 5.23. The Morgan fingerprint density at radius 2 is 1.75 bits per heavy atom. The van der Waals surface area contributed by atoms with E-state index in [1.54, 1.807) is 0 Å². The number of nitrogens with one attached hydrogen (secondary N) is 1. The molecule has 1 heterocycles. The number of anilines is 1. The van der Waals surface area contributed by atoms with Crippen LogP contribution in [0.1, 0.15) is 11.1 Å². The van der Waals surface area contributed by atoms with Gasteiger partial charge in [0.2, 0.25) is 5.91 Å². The molecule has 1 amide bonds. The SMILES string of the molecule is Cc1ccc(-n2c(SCC(=O)Nc3ccc(Br)c(C)c3)nnc2-c2ccc(Cl)cc2)cc1. The number of aromatic nitrogens is 3. The standard InChI is InChI=1S/C24H20BrClN4OS/c1-15-3-10-20(11-4-15)30-23(17-5-7-18(26)8-6-17)28-29-24(30)32-14-22(31)27-19-9-12-21(25)16(2)13-19/h3-13H,14H2,1-2H3,(H,27,31). The van der Waals surface area contributed by atoms with Crippen LogP contribution in [0.25, 0.3) is 17.1 Å². The van der Waals surface area contributed by atoms with Gasteiger partial charge in [0.15, 0.2) is 11.0 Å². The lowest BCUT2D eigenvalue weighted by Gasteiger charge is -2.11. The number of carbonyl (C=O) groups is 1. The van der Waals surface area contributed by atoms with Crippen molar-refractivity contribution in [3.05, 3.63) is 87.4 Å². The molecule has 0 atom stereocenters. The molecule has 0 radical (unpaired) electrons. The van der Waals surface area contributed by atoms with Crippen molar-refractivity contribution < 1.29 is 4.79 Å². The van der Waals surface area contributed by atoms with Crippen molar-refractivity contribution in [2.75, 3.05) is 11.1 Å². The number of rotatable bonds is 6. The fraction of sp³-hybridized carbons (Fsp3) is 0.125. The number of hydrogen-bond acceptors (Lipinski definition) is 4. The predicted octanol–water partition coefficient (Wildman–Crippen LogP) is 6.70. The van der Waals surface area contributed by atoms with E-state index in [1.807, 2.05) is 85.1 Å². The molecule has 1 aromatic heterocycles. The molecule has 0 aliphatic carbocycles. The average molecular weight is 528 g/mol. The Hall–Kier alpha value is -2.61. The van der Waals surface area contributed by atoms with Crippen LogP contribution in [0.2, 0.25) is 5.02 Å². The summed E-state index contributed by atoms with van der Waals surface area (Å²) in [6, 6.07) is 21.3. The van der Waals surface area contributed by atoms with Crippen LogP contribution in [-0.4, -0.2) is 26.4 Å². The van der Waals surface area contributed by atoms with Crippen LogP contribution in [-0.2, 0) is 4.79 Å². The van der Waals surface area contributed by atoms with Crippen LogP contribution in [0.15, 0.2) is 76.4 Å². The first kappa shape index (κ1) is 22.6. The number of thioether (sulfide) groups is 1. The third-order valence-corrected chi connectivity index (χ3v) is 6.87. The Morgan fingerprint density at radius 1 is 1.03 bits per heavy atom. The molecule has 0 spiro atoms. The van der Waals surface area contributed by atoms with Crippen LogP contribution < -0.4 is 5.32 Å². The minimum Gasteiger partial charge on any atom is -0.325 e. The van der Waals surface area contributed by atoms with E-state index in [-0.39, 0.29) is 11.7 Å². The van der Waals surface area contributed by atoms with Gasteiger partial charge in [0, 0.05) is 26.4 Å². The van der Waals surface area contributed by atoms with Gasteiger partial charge in [-0.15, -0.1) is 10.2 Å². The molecule has 5 nitrogen and oxygen atoms in total.